The van der Waals surface area contributed by atoms with Crippen molar-refractivity contribution in [1.82, 2.24) is 14.6 Å². The molecule has 0 spiro atoms. The van der Waals surface area contributed by atoms with Crippen molar-refractivity contribution in [2.24, 2.45) is 0 Å². The van der Waals surface area contributed by atoms with E-state index >= 15 is 0 Å². The number of hydrogen-bond donors (Lipinski definition) is 2. The van der Waals surface area contributed by atoms with Gasteiger partial charge in [0.05, 0.1) is 35.2 Å². The van der Waals surface area contributed by atoms with Crippen molar-refractivity contribution in [1.29, 1.82) is 5.26 Å². The molecule has 0 amide bonds. The number of anilines is 1. The van der Waals surface area contributed by atoms with Gasteiger partial charge in [-0.1, -0.05) is 18.0 Å². The Bertz CT molecular complexity index is 873. The lowest BCUT2D eigenvalue weighted by molar-refractivity contribution is -0.00535. The van der Waals surface area contributed by atoms with Gasteiger partial charge in [0.2, 0.25) is 12.4 Å². The number of rotatable bonds is 3. The molecule has 2 aromatic heterocycles. The Balaban J connectivity index is 0.000000271. The lowest BCUT2D eigenvalue weighted by atomic mass is 9.64. The van der Waals surface area contributed by atoms with E-state index in [0.29, 0.717) is 30.7 Å². The summed E-state index contributed by atoms with van der Waals surface area (Å²) in [5, 5.41) is 22.4. The molecule has 1 aliphatic carbocycles. The van der Waals surface area contributed by atoms with Gasteiger partial charge in [-0.3, -0.25) is 0 Å². The molecule has 1 atom stereocenters. The average molecular weight is 414 g/mol. The molecule has 1 saturated carbocycles. The molecule has 0 radical (unpaired) electrons. The summed E-state index contributed by atoms with van der Waals surface area (Å²) in [5.41, 5.74) is 5.85. The summed E-state index contributed by atoms with van der Waals surface area (Å²) in [5.74, 6) is 0.00595. The number of nitrogen functional groups attached to an aromatic ring is 1. The molecule has 1 saturated heterocycles. The van der Waals surface area contributed by atoms with Gasteiger partial charge in [-0.15, -0.1) is 5.10 Å². The molecule has 1 unspecified atom stereocenters. The smallest absolute Gasteiger partial charge is 0.239 e. The van der Waals surface area contributed by atoms with Crippen LogP contribution in [0.4, 0.5) is 14.7 Å². The zero-order chi connectivity index (χ0) is 20.3. The number of aliphatic hydroxyl groups is 1. The molecule has 7 nitrogen and oxygen atoms in total. The number of nitriles is 1. The van der Waals surface area contributed by atoms with Crippen molar-refractivity contribution in [3.8, 4) is 6.07 Å². The van der Waals surface area contributed by atoms with Crippen LogP contribution in [0.25, 0.3) is 5.52 Å². The summed E-state index contributed by atoms with van der Waals surface area (Å²) in [4.78, 5) is 3.85. The van der Waals surface area contributed by atoms with Crippen molar-refractivity contribution in [3.63, 3.8) is 0 Å². The standard InChI is InChI=1S/C13H12ClF2N5.C5H10O2/c14-10-7(5-17)11(13(2-1-3-13)4-9(15)16)21-8(10)6-19-12(18)20-21;6-5-2-1-3-7-4-5/h6,9H,1-4H2,(H2,18,20);5-6H,1-4H2. The molecule has 2 fully saturated rings. The van der Waals surface area contributed by atoms with E-state index in [0.717, 1.165) is 25.9 Å². The van der Waals surface area contributed by atoms with E-state index in [2.05, 4.69) is 10.1 Å². The number of aromatic nitrogens is 3. The molecular formula is C18H22ClF2N5O2. The van der Waals surface area contributed by atoms with Crippen molar-refractivity contribution >= 4 is 23.1 Å². The molecule has 0 aromatic carbocycles. The second-order valence-electron chi connectivity index (χ2n) is 7.16. The fourth-order valence-electron chi connectivity index (χ4n) is 3.77. The van der Waals surface area contributed by atoms with Crippen LogP contribution in [-0.4, -0.2) is 45.4 Å². The second-order valence-corrected chi connectivity index (χ2v) is 7.54. The van der Waals surface area contributed by atoms with Crippen molar-refractivity contribution < 1.29 is 18.6 Å². The number of halogens is 3. The number of ether oxygens (including phenoxy) is 1. The monoisotopic (exact) mass is 413 g/mol. The van der Waals surface area contributed by atoms with E-state index < -0.39 is 11.8 Å². The van der Waals surface area contributed by atoms with Gasteiger partial charge >= 0.3 is 0 Å². The third-order valence-electron chi connectivity index (χ3n) is 5.25. The van der Waals surface area contributed by atoms with Crippen LogP contribution in [0.5, 0.6) is 0 Å². The fourth-order valence-corrected chi connectivity index (χ4v) is 4.03. The minimum atomic E-state index is -2.46. The highest BCUT2D eigenvalue weighted by Crippen LogP contribution is 2.50. The first-order valence-electron chi connectivity index (χ1n) is 9.15. The highest BCUT2D eigenvalue weighted by atomic mass is 35.5. The number of hydrogen-bond acceptors (Lipinski definition) is 6. The minimum absolute atomic E-state index is 0.00595. The molecule has 10 heteroatoms. The second kappa shape index (κ2) is 8.55. The third-order valence-corrected chi connectivity index (χ3v) is 5.63. The van der Waals surface area contributed by atoms with Crippen LogP contribution in [-0.2, 0) is 10.2 Å². The number of nitrogens with two attached hydrogens (primary N) is 1. The van der Waals surface area contributed by atoms with Gasteiger partial charge in [0, 0.05) is 18.4 Å². The lowest BCUT2D eigenvalue weighted by Crippen LogP contribution is -2.38. The summed E-state index contributed by atoms with van der Waals surface area (Å²) < 4.78 is 32.3. The molecule has 2 aromatic rings. The third kappa shape index (κ3) is 4.04. The Morgan fingerprint density at radius 2 is 2.21 bits per heavy atom. The Morgan fingerprint density at radius 3 is 2.68 bits per heavy atom. The number of nitrogens with zero attached hydrogens (tertiary/aromatic N) is 4. The number of fused-ring (bicyclic) bond motifs is 1. The zero-order valence-electron chi connectivity index (χ0n) is 15.2. The summed E-state index contributed by atoms with van der Waals surface area (Å²) in [7, 11) is 0. The molecule has 152 valence electrons. The molecule has 1 aliphatic heterocycles. The molecular weight excluding hydrogens is 392 g/mol. The average Bonchev–Trinajstić information content (AvgIpc) is 2.90. The van der Waals surface area contributed by atoms with Gasteiger partial charge in [-0.25, -0.2) is 18.3 Å². The van der Waals surface area contributed by atoms with Crippen LogP contribution in [0.15, 0.2) is 6.20 Å². The van der Waals surface area contributed by atoms with E-state index in [1.54, 1.807) is 0 Å². The number of alkyl halides is 2. The summed E-state index contributed by atoms with van der Waals surface area (Å²) in [6, 6.07) is 2.01. The van der Waals surface area contributed by atoms with E-state index in [1.807, 2.05) is 6.07 Å². The maximum Gasteiger partial charge on any atom is 0.239 e. The van der Waals surface area contributed by atoms with Crippen molar-refractivity contribution in [2.45, 2.75) is 56.5 Å². The molecule has 4 rings (SSSR count). The summed E-state index contributed by atoms with van der Waals surface area (Å²) in [6.07, 6.45) is 2.38. The normalized spacial score (nSPS) is 20.9. The first-order chi connectivity index (χ1) is 13.4. The van der Waals surface area contributed by atoms with Gasteiger partial charge in [-0.2, -0.15) is 5.26 Å². The van der Waals surface area contributed by atoms with Crippen molar-refractivity contribution in [3.05, 3.63) is 22.5 Å². The lowest BCUT2D eigenvalue weighted by Gasteiger charge is -2.41. The van der Waals surface area contributed by atoms with E-state index in [9.17, 15) is 14.0 Å². The van der Waals surface area contributed by atoms with Gasteiger partial charge in [-0.05, 0) is 25.7 Å². The molecule has 0 bridgehead atoms. The maximum atomic E-state index is 13.0. The highest BCUT2D eigenvalue weighted by molar-refractivity contribution is 6.35. The largest absolute Gasteiger partial charge is 0.391 e. The van der Waals surface area contributed by atoms with Crippen LogP contribution in [0.3, 0.4) is 0 Å². The zero-order valence-corrected chi connectivity index (χ0v) is 16.0. The minimum Gasteiger partial charge on any atom is -0.391 e. The van der Waals surface area contributed by atoms with Crippen LogP contribution < -0.4 is 5.73 Å². The van der Waals surface area contributed by atoms with E-state index in [-0.39, 0.29) is 29.1 Å². The predicted octanol–water partition coefficient (Wildman–Crippen LogP) is 3.07. The fraction of sp³-hybridized carbons (Fsp3) is 0.611. The quantitative estimate of drug-likeness (QED) is 0.800. The Kier molecular flexibility index (Phi) is 6.33. The molecule has 3 heterocycles. The molecule has 28 heavy (non-hydrogen) atoms. The highest BCUT2D eigenvalue weighted by Gasteiger charge is 2.46. The Morgan fingerprint density at radius 1 is 1.46 bits per heavy atom. The van der Waals surface area contributed by atoms with Gasteiger partial charge in [0.25, 0.3) is 0 Å². The first kappa shape index (κ1) is 20.7. The topological polar surface area (TPSA) is 109 Å². The summed E-state index contributed by atoms with van der Waals surface area (Å²) >= 11 is 6.19. The van der Waals surface area contributed by atoms with E-state index in [4.69, 9.17) is 27.2 Å². The summed E-state index contributed by atoms with van der Waals surface area (Å²) in [6.45, 7) is 1.37. The Hall–Kier alpha value is -2.02. The predicted molar refractivity (Wildman–Crippen MR) is 99.3 cm³/mol. The van der Waals surface area contributed by atoms with Gasteiger partial charge in [0.1, 0.15) is 11.6 Å². The van der Waals surface area contributed by atoms with Crippen molar-refractivity contribution in [2.75, 3.05) is 18.9 Å². The SMILES string of the molecule is N#Cc1c(Cl)c2cnc(N)nn2c1C1(CC(F)F)CCC1.OC1CCCOC1. The number of aliphatic hydroxyl groups excluding tert-OH is 1. The van der Waals surface area contributed by atoms with Gasteiger partial charge < -0.3 is 15.6 Å². The van der Waals surface area contributed by atoms with Crippen LogP contribution in [0, 0.1) is 11.3 Å². The van der Waals surface area contributed by atoms with Crippen LogP contribution >= 0.6 is 11.6 Å². The molecule has 3 N–H and O–H groups in total. The van der Waals surface area contributed by atoms with Gasteiger partial charge in [0.15, 0.2) is 0 Å². The maximum absolute atomic E-state index is 13.0. The van der Waals surface area contributed by atoms with Crippen LogP contribution in [0.1, 0.15) is 49.8 Å². The van der Waals surface area contributed by atoms with Crippen LogP contribution in [0.2, 0.25) is 5.02 Å². The first-order valence-corrected chi connectivity index (χ1v) is 9.53. The Labute approximate surface area is 166 Å². The van der Waals surface area contributed by atoms with E-state index in [1.165, 1.54) is 10.7 Å². The molecule has 2 aliphatic rings.